The minimum atomic E-state index is -3.54. The lowest BCUT2D eigenvalue weighted by Crippen LogP contribution is -2.49. The molecule has 2 rings (SSSR count). The third-order valence-electron chi connectivity index (χ3n) is 3.88. The highest BCUT2D eigenvalue weighted by Gasteiger charge is 2.33. The molecule has 1 saturated heterocycles. The van der Waals surface area contributed by atoms with Gasteiger partial charge in [-0.2, -0.15) is 0 Å². The lowest BCUT2D eigenvalue weighted by molar-refractivity contribution is 0.0537. The van der Waals surface area contributed by atoms with E-state index in [-0.39, 0.29) is 0 Å². The molecule has 0 spiro atoms. The number of hydrogen-bond acceptors (Lipinski definition) is 4. The summed E-state index contributed by atoms with van der Waals surface area (Å²) < 4.78 is 33.3. The summed E-state index contributed by atoms with van der Waals surface area (Å²) in [4.78, 5) is 0.313. The molecule has 112 valence electrons. The maximum Gasteiger partial charge on any atom is 0.241 e. The summed E-state index contributed by atoms with van der Waals surface area (Å²) in [6.07, 6.45) is 1.36. The number of rotatable bonds is 4. The molecular weight excluding hydrogens is 276 g/mol. The standard InChI is InChI=1S/C14H22N2O3S/c1-11-12(10-15)4-3-5-13(11)20(17,18)16-14(2)6-8-19-9-7-14/h3-5,16H,6-10,15H2,1-2H3. The zero-order chi connectivity index (χ0) is 14.8. The lowest BCUT2D eigenvalue weighted by atomic mass is 9.94. The van der Waals surface area contributed by atoms with Crippen molar-refractivity contribution in [2.45, 2.75) is 43.7 Å². The second kappa shape index (κ2) is 5.81. The molecule has 1 fully saturated rings. The van der Waals surface area contributed by atoms with Gasteiger partial charge < -0.3 is 10.5 Å². The minimum Gasteiger partial charge on any atom is -0.381 e. The maximum atomic E-state index is 12.6. The van der Waals surface area contributed by atoms with Crippen molar-refractivity contribution in [2.75, 3.05) is 13.2 Å². The average Bonchev–Trinajstić information content (AvgIpc) is 2.38. The Morgan fingerprint density at radius 1 is 1.35 bits per heavy atom. The summed E-state index contributed by atoms with van der Waals surface area (Å²) >= 11 is 0. The predicted molar refractivity (Wildman–Crippen MR) is 77.8 cm³/mol. The first-order valence-corrected chi connectivity index (χ1v) is 8.27. The fourth-order valence-electron chi connectivity index (χ4n) is 2.48. The third-order valence-corrected chi connectivity index (χ3v) is 5.67. The van der Waals surface area contributed by atoms with Crippen LogP contribution in [0.3, 0.4) is 0 Å². The van der Waals surface area contributed by atoms with Crippen molar-refractivity contribution in [3.63, 3.8) is 0 Å². The Balaban J connectivity index is 2.31. The summed E-state index contributed by atoms with van der Waals surface area (Å²) in [5.74, 6) is 0. The Morgan fingerprint density at radius 2 is 2.00 bits per heavy atom. The molecule has 3 N–H and O–H groups in total. The lowest BCUT2D eigenvalue weighted by Gasteiger charge is -2.34. The first-order chi connectivity index (χ1) is 9.38. The van der Waals surface area contributed by atoms with Gasteiger partial charge in [-0.15, -0.1) is 0 Å². The molecule has 0 unspecified atom stereocenters. The van der Waals surface area contributed by atoms with Crippen LogP contribution in [0.4, 0.5) is 0 Å². The van der Waals surface area contributed by atoms with Gasteiger partial charge in [-0.3, -0.25) is 0 Å². The molecule has 0 amide bonds. The first kappa shape index (κ1) is 15.4. The molecule has 1 heterocycles. The van der Waals surface area contributed by atoms with Crippen LogP contribution in [0.5, 0.6) is 0 Å². The average molecular weight is 298 g/mol. The van der Waals surface area contributed by atoms with Crippen molar-refractivity contribution >= 4 is 10.0 Å². The zero-order valence-corrected chi connectivity index (χ0v) is 12.8. The highest BCUT2D eigenvalue weighted by Crippen LogP contribution is 2.25. The van der Waals surface area contributed by atoms with Crippen LogP contribution in [0.1, 0.15) is 30.9 Å². The van der Waals surface area contributed by atoms with E-state index < -0.39 is 15.6 Å². The quantitative estimate of drug-likeness (QED) is 0.878. The van der Waals surface area contributed by atoms with E-state index in [1.807, 2.05) is 13.0 Å². The molecule has 0 radical (unpaired) electrons. The van der Waals surface area contributed by atoms with Gasteiger partial charge in [-0.1, -0.05) is 12.1 Å². The van der Waals surface area contributed by atoms with E-state index >= 15 is 0 Å². The monoisotopic (exact) mass is 298 g/mol. The van der Waals surface area contributed by atoms with E-state index in [0.29, 0.717) is 37.5 Å². The van der Waals surface area contributed by atoms with Crippen molar-refractivity contribution in [3.8, 4) is 0 Å². The Morgan fingerprint density at radius 3 is 2.60 bits per heavy atom. The summed E-state index contributed by atoms with van der Waals surface area (Å²) in [6, 6.07) is 5.21. The van der Waals surface area contributed by atoms with Crippen molar-refractivity contribution in [1.82, 2.24) is 4.72 Å². The summed E-state index contributed by atoms with van der Waals surface area (Å²) in [5.41, 5.74) is 6.77. The molecule has 0 saturated carbocycles. The van der Waals surface area contributed by atoms with Gasteiger partial charge in [0.05, 0.1) is 4.90 Å². The van der Waals surface area contributed by atoms with Crippen LogP contribution < -0.4 is 10.5 Å². The second-order valence-corrected chi connectivity index (χ2v) is 7.17. The summed E-state index contributed by atoms with van der Waals surface area (Å²) in [5, 5.41) is 0. The molecule has 1 aromatic rings. The van der Waals surface area contributed by atoms with E-state index in [1.54, 1.807) is 19.1 Å². The van der Waals surface area contributed by atoms with E-state index in [0.717, 1.165) is 11.1 Å². The van der Waals surface area contributed by atoms with E-state index in [9.17, 15) is 8.42 Å². The largest absolute Gasteiger partial charge is 0.381 e. The fraction of sp³-hybridized carbons (Fsp3) is 0.571. The van der Waals surface area contributed by atoms with Crippen molar-refractivity contribution in [3.05, 3.63) is 29.3 Å². The van der Waals surface area contributed by atoms with E-state index in [2.05, 4.69) is 4.72 Å². The Bertz CT molecular complexity index is 578. The van der Waals surface area contributed by atoms with Crippen LogP contribution in [0, 0.1) is 6.92 Å². The molecule has 1 aromatic carbocycles. The highest BCUT2D eigenvalue weighted by molar-refractivity contribution is 7.89. The van der Waals surface area contributed by atoms with Gasteiger partial charge in [0.1, 0.15) is 0 Å². The van der Waals surface area contributed by atoms with E-state index in [1.165, 1.54) is 0 Å². The van der Waals surface area contributed by atoms with Crippen molar-refractivity contribution in [1.29, 1.82) is 0 Å². The number of nitrogens with two attached hydrogens (primary N) is 1. The topological polar surface area (TPSA) is 81.4 Å². The normalized spacial score (nSPS) is 18.9. The minimum absolute atomic E-state index is 0.313. The number of sulfonamides is 1. The van der Waals surface area contributed by atoms with Crippen molar-refractivity contribution in [2.24, 2.45) is 5.73 Å². The summed E-state index contributed by atoms with van der Waals surface area (Å²) in [7, 11) is -3.54. The number of benzene rings is 1. The van der Waals surface area contributed by atoms with Crippen molar-refractivity contribution < 1.29 is 13.2 Å². The molecule has 0 bridgehead atoms. The second-order valence-electron chi connectivity index (χ2n) is 5.52. The molecule has 1 aliphatic rings. The van der Waals surface area contributed by atoms with Gasteiger partial charge >= 0.3 is 0 Å². The van der Waals surface area contributed by atoms with Crippen LogP contribution >= 0.6 is 0 Å². The van der Waals surface area contributed by atoms with Gasteiger partial charge in [0.2, 0.25) is 10.0 Å². The number of ether oxygens (including phenoxy) is 1. The van der Waals surface area contributed by atoms with Gasteiger partial charge in [0, 0.05) is 25.3 Å². The Labute approximate surface area is 120 Å². The molecule has 0 aliphatic carbocycles. The maximum absolute atomic E-state index is 12.6. The predicted octanol–water partition coefficient (Wildman–Crippen LogP) is 1.30. The van der Waals surface area contributed by atoms with Gasteiger partial charge in [-0.05, 0) is 43.9 Å². The third kappa shape index (κ3) is 3.20. The zero-order valence-electron chi connectivity index (χ0n) is 12.0. The number of hydrogen-bond donors (Lipinski definition) is 2. The van der Waals surface area contributed by atoms with Crippen LogP contribution in [0.2, 0.25) is 0 Å². The van der Waals surface area contributed by atoms with Gasteiger partial charge in [-0.25, -0.2) is 13.1 Å². The first-order valence-electron chi connectivity index (χ1n) is 6.78. The fourth-order valence-corrected chi connectivity index (χ4v) is 4.23. The van der Waals surface area contributed by atoms with Crippen LogP contribution in [-0.2, 0) is 21.3 Å². The Kier molecular flexibility index (Phi) is 4.49. The van der Waals surface area contributed by atoms with Crippen LogP contribution in [0.25, 0.3) is 0 Å². The van der Waals surface area contributed by atoms with Gasteiger partial charge in [0.25, 0.3) is 0 Å². The van der Waals surface area contributed by atoms with Crippen LogP contribution in [0.15, 0.2) is 23.1 Å². The molecule has 0 atom stereocenters. The van der Waals surface area contributed by atoms with Gasteiger partial charge in [0.15, 0.2) is 0 Å². The van der Waals surface area contributed by atoms with Crippen LogP contribution in [-0.4, -0.2) is 27.2 Å². The molecule has 1 aliphatic heterocycles. The molecule has 20 heavy (non-hydrogen) atoms. The Hall–Kier alpha value is -0.950. The smallest absolute Gasteiger partial charge is 0.241 e. The highest BCUT2D eigenvalue weighted by atomic mass is 32.2. The summed E-state index contributed by atoms with van der Waals surface area (Å²) in [6.45, 7) is 5.22. The SMILES string of the molecule is Cc1c(CN)cccc1S(=O)(=O)NC1(C)CCOCC1. The number of nitrogens with one attached hydrogen (secondary N) is 1. The molecule has 6 heteroatoms. The molecule has 5 nitrogen and oxygen atoms in total. The molecule has 0 aromatic heterocycles. The van der Waals surface area contributed by atoms with E-state index in [4.69, 9.17) is 10.5 Å². The molecular formula is C14H22N2O3S.